The van der Waals surface area contributed by atoms with Crippen molar-refractivity contribution in [2.75, 3.05) is 11.5 Å². The van der Waals surface area contributed by atoms with Gasteiger partial charge in [-0.15, -0.1) is 0 Å². The van der Waals surface area contributed by atoms with Gasteiger partial charge in [0.2, 0.25) is 19.9 Å². The summed E-state index contributed by atoms with van der Waals surface area (Å²) in [5, 5.41) is 5.06. The van der Waals surface area contributed by atoms with Crippen LogP contribution in [0.4, 0.5) is 11.4 Å². The van der Waals surface area contributed by atoms with Gasteiger partial charge in [0.15, 0.2) is 0 Å². The monoisotopic (exact) mass is 327 g/mol. The Morgan fingerprint density at radius 2 is 1.24 bits per heavy atom. The summed E-state index contributed by atoms with van der Waals surface area (Å²) in [6, 6.07) is 8.79. The van der Waals surface area contributed by atoms with Crippen LogP contribution in [0, 0.1) is 0 Å². The van der Waals surface area contributed by atoms with E-state index >= 15 is 0 Å². The van der Waals surface area contributed by atoms with Gasteiger partial charge in [0.1, 0.15) is 4.90 Å². The third kappa shape index (κ3) is 2.99. The summed E-state index contributed by atoms with van der Waals surface area (Å²) in [5.74, 6) is 0. The van der Waals surface area contributed by atoms with Gasteiger partial charge in [-0.05, 0) is 42.5 Å². The van der Waals surface area contributed by atoms with Crippen LogP contribution in [0.25, 0.3) is 0 Å². The smallest absolute Gasteiger partial charge is 0.239 e. The highest BCUT2D eigenvalue weighted by Crippen LogP contribution is 2.28. The van der Waals surface area contributed by atoms with Crippen LogP contribution in [0.1, 0.15) is 0 Å². The Bertz CT molecular complexity index is 889. The summed E-state index contributed by atoms with van der Waals surface area (Å²) in [6.07, 6.45) is 0. The fourth-order valence-corrected chi connectivity index (χ4v) is 4.39. The average Bonchev–Trinajstić information content (AvgIpc) is 2.38. The van der Waals surface area contributed by atoms with Gasteiger partial charge in [0, 0.05) is 11.4 Å². The molecule has 0 bridgehead atoms. The molecule has 0 aliphatic rings. The number of sulfonamides is 1. The summed E-state index contributed by atoms with van der Waals surface area (Å²) < 4.78 is 48.2. The lowest BCUT2D eigenvalue weighted by Crippen LogP contribution is -2.17. The van der Waals surface area contributed by atoms with E-state index < -0.39 is 29.7 Å². The van der Waals surface area contributed by atoms with E-state index in [0.29, 0.717) is 5.69 Å². The van der Waals surface area contributed by atoms with E-state index in [0.717, 1.165) is 12.1 Å². The standard InChI is InChI=1S/C12H13N3O4S2/c13-8-1-4-10(5-2-8)20(16,17)11-6-3-9(14)7-12(11)21(15,18)19/h1-7H,13-14H2,(H2,15,18,19). The normalized spacial score (nSPS) is 12.2. The van der Waals surface area contributed by atoms with Crippen LogP contribution in [0.2, 0.25) is 0 Å². The molecule has 0 aliphatic carbocycles. The van der Waals surface area contributed by atoms with Crippen molar-refractivity contribution in [2.45, 2.75) is 14.7 Å². The number of rotatable bonds is 3. The van der Waals surface area contributed by atoms with E-state index in [1.54, 1.807) is 0 Å². The van der Waals surface area contributed by atoms with E-state index in [2.05, 4.69) is 0 Å². The Hall–Kier alpha value is -2.10. The molecule has 21 heavy (non-hydrogen) atoms. The third-order valence-corrected chi connectivity index (χ3v) is 5.66. The fraction of sp³-hybridized carbons (Fsp3) is 0. The number of hydrogen-bond acceptors (Lipinski definition) is 6. The molecule has 2 rings (SSSR count). The Kier molecular flexibility index (Phi) is 3.66. The van der Waals surface area contributed by atoms with Crippen LogP contribution < -0.4 is 16.6 Å². The number of benzene rings is 2. The Morgan fingerprint density at radius 1 is 0.714 bits per heavy atom. The first-order valence-corrected chi connectivity index (χ1v) is 8.68. The number of sulfone groups is 1. The van der Waals surface area contributed by atoms with Crippen molar-refractivity contribution in [3.05, 3.63) is 42.5 Å². The molecule has 7 nitrogen and oxygen atoms in total. The molecule has 0 spiro atoms. The molecule has 6 N–H and O–H groups in total. The van der Waals surface area contributed by atoms with Crippen LogP contribution in [-0.2, 0) is 19.9 Å². The van der Waals surface area contributed by atoms with Gasteiger partial charge >= 0.3 is 0 Å². The van der Waals surface area contributed by atoms with E-state index in [4.69, 9.17) is 16.6 Å². The van der Waals surface area contributed by atoms with Crippen LogP contribution in [0.15, 0.2) is 57.2 Å². The molecule has 0 atom stereocenters. The number of anilines is 2. The fourth-order valence-electron chi connectivity index (χ4n) is 1.74. The maximum Gasteiger partial charge on any atom is 0.239 e. The number of hydrogen-bond donors (Lipinski definition) is 3. The molecule has 0 saturated carbocycles. The summed E-state index contributed by atoms with van der Waals surface area (Å²) in [5.41, 5.74) is 11.5. The van der Waals surface area contributed by atoms with Crippen molar-refractivity contribution in [2.24, 2.45) is 5.14 Å². The van der Waals surface area contributed by atoms with Crippen LogP contribution in [0.3, 0.4) is 0 Å². The van der Waals surface area contributed by atoms with E-state index in [-0.39, 0.29) is 10.6 Å². The zero-order valence-electron chi connectivity index (χ0n) is 10.7. The molecule has 0 aromatic heterocycles. The summed E-state index contributed by atoms with van der Waals surface area (Å²) in [6.45, 7) is 0. The summed E-state index contributed by atoms with van der Waals surface area (Å²) in [7, 11) is -8.30. The molecule has 0 saturated heterocycles. The van der Waals surface area contributed by atoms with Crippen molar-refractivity contribution in [1.82, 2.24) is 0 Å². The van der Waals surface area contributed by atoms with Gasteiger partial charge in [-0.1, -0.05) is 0 Å². The first kappa shape index (κ1) is 15.3. The molecule has 112 valence electrons. The molecular formula is C12H13N3O4S2. The molecule has 0 amide bonds. The van der Waals surface area contributed by atoms with Gasteiger partial charge in [-0.2, -0.15) is 0 Å². The first-order valence-electron chi connectivity index (χ1n) is 5.65. The van der Waals surface area contributed by atoms with E-state index in [1.165, 1.54) is 30.3 Å². The first-order chi connectivity index (χ1) is 9.62. The second-order valence-corrected chi connectivity index (χ2v) is 7.77. The minimum absolute atomic E-state index is 0.0913. The topological polar surface area (TPSA) is 146 Å². The average molecular weight is 327 g/mol. The number of primary sulfonamides is 1. The van der Waals surface area contributed by atoms with Crippen molar-refractivity contribution in [3.63, 3.8) is 0 Å². The van der Waals surface area contributed by atoms with E-state index in [9.17, 15) is 16.8 Å². The molecule has 0 fully saturated rings. The quantitative estimate of drug-likeness (QED) is 0.692. The lowest BCUT2D eigenvalue weighted by Gasteiger charge is -2.10. The lowest BCUT2D eigenvalue weighted by molar-refractivity contribution is 0.583. The molecule has 0 unspecified atom stereocenters. The number of nitrogens with two attached hydrogens (primary N) is 3. The third-order valence-electron chi connectivity index (χ3n) is 2.75. The van der Waals surface area contributed by atoms with Gasteiger partial charge in [-0.3, -0.25) is 0 Å². The highest BCUT2D eigenvalue weighted by molar-refractivity contribution is 7.93. The van der Waals surface area contributed by atoms with Crippen molar-refractivity contribution in [3.8, 4) is 0 Å². The van der Waals surface area contributed by atoms with Gasteiger partial charge in [0.25, 0.3) is 0 Å². The Balaban J connectivity index is 2.74. The molecule has 0 aliphatic heterocycles. The molecule has 2 aromatic rings. The summed E-state index contributed by atoms with van der Waals surface area (Å²) >= 11 is 0. The largest absolute Gasteiger partial charge is 0.399 e. The molecule has 0 heterocycles. The Labute approximate surface area is 122 Å². The minimum Gasteiger partial charge on any atom is -0.399 e. The maximum absolute atomic E-state index is 12.5. The molecule has 0 radical (unpaired) electrons. The molecule has 9 heteroatoms. The predicted octanol–water partition coefficient (Wildman–Crippen LogP) is 0.331. The van der Waals surface area contributed by atoms with Crippen molar-refractivity contribution < 1.29 is 16.8 Å². The van der Waals surface area contributed by atoms with Crippen molar-refractivity contribution in [1.29, 1.82) is 0 Å². The second kappa shape index (κ2) is 5.02. The summed E-state index contributed by atoms with van der Waals surface area (Å²) in [4.78, 5) is -1.06. The second-order valence-electron chi connectivity index (χ2n) is 4.32. The Morgan fingerprint density at radius 3 is 1.76 bits per heavy atom. The van der Waals surface area contributed by atoms with Crippen LogP contribution >= 0.6 is 0 Å². The molecular weight excluding hydrogens is 314 g/mol. The highest BCUT2D eigenvalue weighted by Gasteiger charge is 2.26. The van der Waals surface area contributed by atoms with Gasteiger partial charge < -0.3 is 11.5 Å². The van der Waals surface area contributed by atoms with Gasteiger partial charge in [0.05, 0.1) is 9.79 Å². The van der Waals surface area contributed by atoms with E-state index in [1.807, 2.05) is 0 Å². The SMILES string of the molecule is Nc1ccc(S(=O)(=O)c2ccc(N)cc2S(N)(=O)=O)cc1. The zero-order valence-corrected chi connectivity index (χ0v) is 12.4. The lowest BCUT2D eigenvalue weighted by atomic mass is 10.3. The predicted molar refractivity (Wildman–Crippen MR) is 78.5 cm³/mol. The van der Waals surface area contributed by atoms with Crippen LogP contribution in [-0.4, -0.2) is 16.8 Å². The van der Waals surface area contributed by atoms with Crippen LogP contribution in [0.5, 0.6) is 0 Å². The van der Waals surface area contributed by atoms with Gasteiger partial charge in [-0.25, -0.2) is 22.0 Å². The maximum atomic E-state index is 12.5. The number of nitrogen functional groups attached to an aromatic ring is 2. The minimum atomic E-state index is -4.24. The molecule has 2 aromatic carbocycles. The zero-order chi connectivity index (χ0) is 15.8. The highest BCUT2D eigenvalue weighted by atomic mass is 32.2. The van der Waals surface area contributed by atoms with Crippen molar-refractivity contribution >= 4 is 31.2 Å².